The Morgan fingerprint density at radius 1 is 1.05 bits per heavy atom. The van der Waals surface area contributed by atoms with Crippen LogP contribution < -0.4 is 4.72 Å². The Bertz CT molecular complexity index is 789. The first-order valence-corrected chi connectivity index (χ1v) is 9.04. The van der Waals surface area contributed by atoms with Crippen LogP contribution in [0.15, 0.2) is 41.3 Å². The second kappa shape index (κ2) is 7.01. The molecule has 2 rings (SSSR count). The molecule has 2 aromatic carbocycles. The molecular weight excluding hydrogens is 341 g/mol. The van der Waals surface area contributed by atoms with E-state index in [1.54, 1.807) is 32.0 Å². The van der Waals surface area contributed by atoms with Gasteiger partial charge >= 0.3 is 0 Å². The first-order chi connectivity index (χ1) is 10.3. The molecule has 2 aromatic rings. The van der Waals surface area contributed by atoms with E-state index in [4.69, 9.17) is 23.2 Å². The minimum absolute atomic E-state index is 0.264. The van der Waals surface area contributed by atoms with Crippen molar-refractivity contribution in [1.82, 2.24) is 4.72 Å². The molecule has 1 N–H and O–H groups in total. The molecule has 0 spiro atoms. The normalized spacial score (nSPS) is 11.6. The SMILES string of the molecule is Cc1cc(S(=O)(=O)NCCc2cccc(Cl)c2)c(C)cc1Cl. The summed E-state index contributed by atoms with van der Waals surface area (Å²) < 4.78 is 27.4. The lowest BCUT2D eigenvalue weighted by molar-refractivity contribution is 0.581. The fourth-order valence-electron chi connectivity index (χ4n) is 2.14. The molecule has 6 heteroatoms. The molecule has 3 nitrogen and oxygen atoms in total. The minimum Gasteiger partial charge on any atom is -0.211 e. The van der Waals surface area contributed by atoms with Gasteiger partial charge in [-0.3, -0.25) is 0 Å². The van der Waals surface area contributed by atoms with Crippen LogP contribution in [0.2, 0.25) is 10.0 Å². The van der Waals surface area contributed by atoms with Gasteiger partial charge in [-0.2, -0.15) is 0 Å². The van der Waals surface area contributed by atoms with Gasteiger partial charge in [-0.05, 0) is 61.2 Å². The van der Waals surface area contributed by atoms with E-state index in [1.807, 2.05) is 18.2 Å². The number of rotatable bonds is 5. The molecule has 0 radical (unpaired) electrons. The second-order valence-corrected chi connectivity index (χ2v) is 7.72. The number of aryl methyl sites for hydroxylation is 2. The Labute approximate surface area is 141 Å². The molecule has 0 saturated heterocycles. The average Bonchev–Trinajstić information content (AvgIpc) is 2.42. The molecule has 0 aromatic heterocycles. The smallest absolute Gasteiger partial charge is 0.211 e. The van der Waals surface area contributed by atoms with Crippen molar-refractivity contribution in [2.45, 2.75) is 25.2 Å². The van der Waals surface area contributed by atoms with Gasteiger partial charge in [-0.1, -0.05) is 35.3 Å². The molecule has 0 aliphatic rings. The predicted molar refractivity (Wildman–Crippen MR) is 91.3 cm³/mol. The van der Waals surface area contributed by atoms with Crippen molar-refractivity contribution in [2.24, 2.45) is 0 Å². The van der Waals surface area contributed by atoms with E-state index in [0.29, 0.717) is 28.6 Å². The van der Waals surface area contributed by atoms with Crippen LogP contribution in [0, 0.1) is 13.8 Å². The van der Waals surface area contributed by atoms with Crippen molar-refractivity contribution in [3.05, 3.63) is 63.1 Å². The second-order valence-electron chi connectivity index (χ2n) is 5.14. The minimum atomic E-state index is -3.55. The number of sulfonamides is 1. The lowest BCUT2D eigenvalue weighted by Gasteiger charge is -2.11. The van der Waals surface area contributed by atoms with Gasteiger partial charge in [0, 0.05) is 16.6 Å². The molecule has 22 heavy (non-hydrogen) atoms. The largest absolute Gasteiger partial charge is 0.240 e. The Morgan fingerprint density at radius 2 is 1.77 bits per heavy atom. The zero-order valence-electron chi connectivity index (χ0n) is 12.4. The highest BCUT2D eigenvalue weighted by Gasteiger charge is 2.17. The third-order valence-electron chi connectivity index (χ3n) is 3.34. The van der Waals surface area contributed by atoms with Gasteiger partial charge in [-0.25, -0.2) is 13.1 Å². The Balaban J connectivity index is 2.10. The molecule has 0 bridgehead atoms. The lowest BCUT2D eigenvalue weighted by Crippen LogP contribution is -2.26. The summed E-state index contributed by atoms with van der Waals surface area (Å²) in [5.41, 5.74) is 2.35. The highest BCUT2D eigenvalue weighted by molar-refractivity contribution is 7.89. The van der Waals surface area contributed by atoms with Gasteiger partial charge in [0.25, 0.3) is 0 Å². The third kappa shape index (κ3) is 4.23. The monoisotopic (exact) mass is 357 g/mol. The number of hydrogen-bond acceptors (Lipinski definition) is 2. The first kappa shape index (κ1) is 17.3. The summed E-state index contributed by atoms with van der Waals surface area (Å²) >= 11 is 11.9. The summed E-state index contributed by atoms with van der Waals surface area (Å²) in [6, 6.07) is 10.6. The van der Waals surface area contributed by atoms with Gasteiger partial charge in [0.2, 0.25) is 10.0 Å². The van der Waals surface area contributed by atoms with Crippen LogP contribution in [0.1, 0.15) is 16.7 Å². The van der Waals surface area contributed by atoms with E-state index >= 15 is 0 Å². The molecule has 0 atom stereocenters. The molecule has 0 unspecified atom stereocenters. The van der Waals surface area contributed by atoms with Crippen molar-refractivity contribution in [2.75, 3.05) is 6.54 Å². The van der Waals surface area contributed by atoms with Crippen LogP contribution in [-0.4, -0.2) is 15.0 Å². The quantitative estimate of drug-likeness (QED) is 0.874. The highest BCUT2D eigenvalue weighted by Crippen LogP contribution is 2.23. The van der Waals surface area contributed by atoms with Crippen molar-refractivity contribution in [1.29, 1.82) is 0 Å². The molecule has 118 valence electrons. The Kier molecular flexibility index (Phi) is 5.50. The average molecular weight is 358 g/mol. The first-order valence-electron chi connectivity index (χ1n) is 6.80. The van der Waals surface area contributed by atoms with Crippen LogP contribution in [-0.2, 0) is 16.4 Å². The van der Waals surface area contributed by atoms with Crippen LogP contribution in [0.5, 0.6) is 0 Å². The summed E-state index contributed by atoms with van der Waals surface area (Å²) in [7, 11) is -3.55. The van der Waals surface area contributed by atoms with Gasteiger partial charge < -0.3 is 0 Å². The molecule has 0 heterocycles. The molecular formula is C16H17Cl2NO2S. The van der Waals surface area contributed by atoms with E-state index in [0.717, 1.165) is 11.1 Å². The van der Waals surface area contributed by atoms with Crippen LogP contribution in [0.4, 0.5) is 0 Å². The number of benzene rings is 2. The summed E-state index contributed by atoms with van der Waals surface area (Å²) in [5.74, 6) is 0. The molecule has 0 aliphatic carbocycles. The standard InChI is InChI=1S/C16H17Cl2NO2S/c1-11-9-16(12(2)8-15(11)18)22(20,21)19-7-6-13-4-3-5-14(17)10-13/h3-5,8-10,19H,6-7H2,1-2H3. The Hall–Kier alpha value is -1.07. The van der Waals surface area contributed by atoms with Gasteiger partial charge in [0.1, 0.15) is 0 Å². The molecule has 0 amide bonds. The summed E-state index contributed by atoms with van der Waals surface area (Å²) in [5, 5.41) is 1.21. The summed E-state index contributed by atoms with van der Waals surface area (Å²) in [6.45, 7) is 3.83. The maximum atomic E-state index is 12.4. The predicted octanol–water partition coefficient (Wildman–Crippen LogP) is 4.13. The summed E-state index contributed by atoms with van der Waals surface area (Å²) in [4.78, 5) is 0.264. The van der Waals surface area contributed by atoms with Crippen molar-refractivity contribution >= 4 is 33.2 Å². The van der Waals surface area contributed by atoms with Gasteiger partial charge in [-0.15, -0.1) is 0 Å². The van der Waals surface area contributed by atoms with E-state index < -0.39 is 10.0 Å². The number of hydrogen-bond donors (Lipinski definition) is 1. The van der Waals surface area contributed by atoms with E-state index in [9.17, 15) is 8.42 Å². The number of nitrogens with one attached hydrogen (secondary N) is 1. The van der Waals surface area contributed by atoms with Crippen molar-refractivity contribution < 1.29 is 8.42 Å². The molecule has 0 aliphatic heterocycles. The highest BCUT2D eigenvalue weighted by atomic mass is 35.5. The molecule has 0 saturated carbocycles. The Morgan fingerprint density at radius 3 is 2.45 bits per heavy atom. The van der Waals surface area contributed by atoms with Crippen LogP contribution in [0.3, 0.4) is 0 Å². The van der Waals surface area contributed by atoms with Crippen molar-refractivity contribution in [3.63, 3.8) is 0 Å². The molecule has 0 fully saturated rings. The zero-order valence-corrected chi connectivity index (χ0v) is 14.7. The third-order valence-corrected chi connectivity index (χ3v) is 5.59. The van der Waals surface area contributed by atoms with Crippen LogP contribution in [0.25, 0.3) is 0 Å². The zero-order chi connectivity index (χ0) is 16.3. The van der Waals surface area contributed by atoms with E-state index in [2.05, 4.69) is 4.72 Å². The van der Waals surface area contributed by atoms with Crippen molar-refractivity contribution in [3.8, 4) is 0 Å². The van der Waals surface area contributed by atoms with Gasteiger partial charge in [0.15, 0.2) is 0 Å². The maximum Gasteiger partial charge on any atom is 0.240 e. The van der Waals surface area contributed by atoms with Crippen LogP contribution >= 0.6 is 23.2 Å². The van der Waals surface area contributed by atoms with Gasteiger partial charge in [0.05, 0.1) is 4.90 Å². The summed E-state index contributed by atoms with van der Waals surface area (Å²) in [6.07, 6.45) is 0.575. The fraction of sp³-hybridized carbons (Fsp3) is 0.250. The number of halogens is 2. The van der Waals surface area contributed by atoms with E-state index in [1.165, 1.54) is 0 Å². The van der Waals surface area contributed by atoms with E-state index in [-0.39, 0.29) is 4.90 Å². The fourth-order valence-corrected chi connectivity index (χ4v) is 3.92. The maximum absolute atomic E-state index is 12.4. The lowest BCUT2D eigenvalue weighted by atomic mass is 10.2. The topological polar surface area (TPSA) is 46.2 Å².